The van der Waals surface area contributed by atoms with Gasteiger partial charge in [0, 0.05) is 12.1 Å². The van der Waals surface area contributed by atoms with Crippen LogP contribution in [-0.2, 0) is 13.0 Å². The molecule has 0 unspecified atom stereocenters. The lowest BCUT2D eigenvalue weighted by molar-refractivity contribution is 0.629. The van der Waals surface area contributed by atoms with Crippen LogP contribution >= 0.6 is 15.9 Å². The largest absolute Gasteiger partial charge is 0.311 e. The van der Waals surface area contributed by atoms with Gasteiger partial charge >= 0.3 is 0 Å². The number of nitrogens with zero attached hydrogens (tertiary/aromatic N) is 2. The number of fused-ring (bicyclic) bond motifs is 1. The quantitative estimate of drug-likeness (QED) is 0.875. The smallest absolute Gasteiger partial charge is 0.113 e. The highest BCUT2D eigenvalue weighted by Crippen LogP contribution is 2.26. The van der Waals surface area contributed by atoms with Gasteiger partial charge in [-0.2, -0.15) is 5.10 Å². The summed E-state index contributed by atoms with van der Waals surface area (Å²) in [4.78, 5) is 0. The van der Waals surface area contributed by atoms with Crippen molar-refractivity contribution in [3.8, 4) is 5.69 Å². The SMILES string of the molecule is Cc1cccc(-n2nc3c(c2Br)CCNC3)c1. The second-order valence-electron chi connectivity index (χ2n) is 4.39. The van der Waals surface area contributed by atoms with E-state index in [9.17, 15) is 0 Å². The molecule has 17 heavy (non-hydrogen) atoms. The van der Waals surface area contributed by atoms with Gasteiger partial charge in [0.1, 0.15) is 4.60 Å². The Morgan fingerprint density at radius 3 is 3.06 bits per heavy atom. The zero-order valence-corrected chi connectivity index (χ0v) is 11.3. The topological polar surface area (TPSA) is 29.9 Å². The molecule has 3 nitrogen and oxygen atoms in total. The molecule has 3 rings (SSSR count). The first-order valence-corrected chi connectivity index (χ1v) is 6.59. The van der Waals surface area contributed by atoms with E-state index in [-0.39, 0.29) is 0 Å². The number of hydrogen-bond acceptors (Lipinski definition) is 2. The summed E-state index contributed by atoms with van der Waals surface area (Å²) in [5, 5.41) is 8.02. The van der Waals surface area contributed by atoms with E-state index in [1.165, 1.54) is 11.1 Å². The summed E-state index contributed by atoms with van der Waals surface area (Å²) in [7, 11) is 0. The van der Waals surface area contributed by atoms with Crippen LogP contribution in [0.1, 0.15) is 16.8 Å². The first-order chi connectivity index (χ1) is 8.25. The Kier molecular flexibility index (Phi) is 2.76. The Hall–Kier alpha value is -1.13. The van der Waals surface area contributed by atoms with Crippen LogP contribution in [0.3, 0.4) is 0 Å². The van der Waals surface area contributed by atoms with Gasteiger partial charge in [-0.25, -0.2) is 4.68 Å². The van der Waals surface area contributed by atoms with Crippen LogP contribution in [0.5, 0.6) is 0 Å². The lowest BCUT2D eigenvalue weighted by Crippen LogP contribution is -2.23. The van der Waals surface area contributed by atoms with E-state index in [1.54, 1.807) is 0 Å². The Morgan fingerprint density at radius 1 is 1.41 bits per heavy atom. The summed E-state index contributed by atoms with van der Waals surface area (Å²) in [6, 6.07) is 8.40. The fourth-order valence-corrected chi connectivity index (χ4v) is 2.92. The van der Waals surface area contributed by atoms with Crippen molar-refractivity contribution >= 4 is 15.9 Å². The third-order valence-corrected chi connectivity index (χ3v) is 3.91. The van der Waals surface area contributed by atoms with Crippen LogP contribution in [0.4, 0.5) is 0 Å². The lowest BCUT2D eigenvalue weighted by atomic mass is 10.1. The molecule has 0 atom stereocenters. The fourth-order valence-electron chi connectivity index (χ4n) is 2.21. The highest BCUT2D eigenvalue weighted by molar-refractivity contribution is 9.10. The molecule has 0 saturated carbocycles. The zero-order valence-electron chi connectivity index (χ0n) is 9.70. The molecule has 0 radical (unpaired) electrons. The molecule has 1 aliphatic rings. The summed E-state index contributed by atoms with van der Waals surface area (Å²) in [6.07, 6.45) is 1.04. The molecule has 0 saturated heterocycles. The van der Waals surface area contributed by atoms with E-state index < -0.39 is 0 Å². The van der Waals surface area contributed by atoms with Crippen LogP contribution in [0.25, 0.3) is 5.69 Å². The van der Waals surface area contributed by atoms with E-state index in [2.05, 4.69) is 57.5 Å². The molecule has 2 heterocycles. The summed E-state index contributed by atoms with van der Waals surface area (Å²) in [5.74, 6) is 0. The van der Waals surface area contributed by atoms with Crippen LogP contribution in [0.15, 0.2) is 28.9 Å². The first kappa shape index (κ1) is 11.0. The fraction of sp³-hybridized carbons (Fsp3) is 0.308. The molecule has 0 fully saturated rings. The maximum atomic E-state index is 4.67. The van der Waals surface area contributed by atoms with Gasteiger partial charge in [0.15, 0.2) is 0 Å². The zero-order chi connectivity index (χ0) is 11.8. The van der Waals surface area contributed by atoms with Crippen molar-refractivity contribution in [1.29, 1.82) is 0 Å². The number of halogens is 1. The molecule has 1 N–H and O–H groups in total. The van der Waals surface area contributed by atoms with Crippen LogP contribution < -0.4 is 5.32 Å². The second-order valence-corrected chi connectivity index (χ2v) is 5.14. The Morgan fingerprint density at radius 2 is 2.29 bits per heavy atom. The molecule has 1 aliphatic heterocycles. The van der Waals surface area contributed by atoms with Gasteiger partial charge < -0.3 is 5.32 Å². The van der Waals surface area contributed by atoms with Crippen molar-refractivity contribution in [2.45, 2.75) is 19.9 Å². The Bertz CT molecular complexity index is 560. The predicted octanol–water partition coefficient (Wildman–Crippen LogP) is 2.59. The first-order valence-electron chi connectivity index (χ1n) is 5.80. The van der Waals surface area contributed by atoms with E-state index in [0.717, 1.165) is 35.5 Å². The molecule has 1 aromatic carbocycles. The lowest BCUT2D eigenvalue weighted by Gasteiger charge is -2.10. The highest BCUT2D eigenvalue weighted by atomic mass is 79.9. The summed E-state index contributed by atoms with van der Waals surface area (Å²) in [5.41, 5.74) is 4.86. The normalized spacial score (nSPS) is 14.7. The van der Waals surface area contributed by atoms with Gasteiger partial charge in [-0.15, -0.1) is 0 Å². The van der Waals surface area contributed by atoms with Gasteiger partial charge in [0.05, 0.1) is 11.4 Å². The van der Waals surface area contributed by atoms with Crippen molar-refractivity contribution in [2.24, 2.45) is 0 Å². The molecular formula is C13H14BrN3. The maximum Gasteiger partial charge on any atom is 0.113 e. The molecule has 0 aliphatic carbocycles. The summed E-state index contributed by atoms with van der Waals surface area (Å²) in [6.45, 7) is 4.00. The predicted molar refractivity (Wildman–Crippen MR) is 71.4 cm³/mol. The van der Waals surface area contributed by atoms with Crippen molar-refractivity contribution in [3.63, 3.8) is 0 Å². The van der Waals surface area contributed by atoms with Crippen molar-refractivity contribution in [3.05, 3.63) is 45.7 Å². The van der Waals surface area contributed by atoms with Gasteiger partial charge in [-0.3, -0.25) is 0 Å². The van der Waals surface area contributed by atoms with Crippen molar-refractivity contribution < 1.29 is 0 Å². The van der Waals surface area contributed by atoms with Gasteiger partial charge in [-0.05, 0) is 53.5 Å². The monoisotopic (exact) mass is 291 g/mol. The molecule has 4 heteroatoms. The van der Waals surface area contributed by atoms with Crippen molar-refractivity contribution in [2.75, 3.05) is 6.54 Å². The molecular weight excluding hydrogens is 278 g/mol. The van der Waals surface area contributed by atoms with Gasteiger partial charge in [-0.1, -0.05) is 12.1 Å². The van der Waals surface area contributed by atoms with Gasteiger partial charge in [0.2, 0.25) is 0 Å². The molecule has 0 bridgehead atoms. The van der Waals surface area contributed by atoms with E-state index in [0.29, 0.717) is 0 Å². The minimum Gasteiger partial charge on any atom is -0.311 e. The number of nitrogens with one attached hydrogen (secondary N) is 1. The van der Waals surface area contributed by atoms with Crippen molar-refractivity contribution in [1.82, 2.24) is 15.1 Å². The molecule has 0 amide bonds. The maximum absolute atomic E-state index is 4.67. The number of aromatic nitrogens is 2. The number of rotatable bonds is 1. The molecule has 2 aromatic rings. The average molecular weight is 292 g/mol. The van der Waals surface area contributed by atoms with E-state index in [4.69, 9.17) is 0 Å². The van der Waals surface area contributed by atoms with E-state index >= 15 is 0 Å². The third-order valence-electron chi connectivity index (χ3n) is 3.09. The minimum atomic E-state index is 0.868. The number of aryl methyl sites for hydroxylation is 1. The van der Waals surface area contributed by atoms with E-state index in [1.807, 2.05) is 4.68 Å². The molecule has 1 aromatic heterocycles. The second kappa shape index (κ2) is 4.27. The number of hydrogen-bond donors (Lipinski definition) is 1. The molecule has 0 spiro atoms. The minimum absolute atomic E-state index is 0.868. The average Bonchev–Trinajstić information content (AvgIpc) is 2.68. The number of benzene rings is 1. The summed E-state index contributed by atoms with van der Waals surface area (Å²) >= 11 is 3.67. The van der Waals surface area contributed by atoms with Crippen LogP contribution in [0.2, 0.25) is 0 Å². The van der Waals surface area contributed by atoms with Gasteiger partial charge in [0.25, 0.3) is 0 Å². The Labute approximate surface area is 109 Å². The molecule has 88 valence electrons. The third kappa shape index (κ3) is 1.91. The standard InChI is InChI=1S/C13H14BrN3/c1-9-3-2-4-10(7-9)17-13(14)11-5-6-15-8-12(11)16-17/h2-4,7,15H,5-6,8H2,1H3. The highest BCUT2D eigenvalue weighted by Gasteiger charge is 2.19. The summed E-state index contributed by atoms with van der Waals surface area (Å²) < 4.78 is 3.09. The van der Waals surface area contributed by atoms with Crippen LogP contribution in [0, 0.1) is 6.92 Å². The Balaban J connectivity index is 2.12. The van der Waals surface area contributed by atoms with Crippen LogP contribution in [-0.4, -0.2) is 16.3 Å².